The molecule has 0 aromatic heterocycles. The van der Waals surface area contributed by atoms with Crippen LogP contribution in [0.25, 0.3) is 0 Å². The first-order chi connectivity index (χ1) is 14.6. The summed E-state index contributed by atoms with van der Waals surface area (Å²) in [4.78, 5) is 35.0. The van der Waals surface area contributed by atoms with Crippen molar-refractivity contribution in [2.24, 2.45) is 17.3 Å². The van der Waals surface area contributed by atoms with Crippen LogP contribution in [-0.4, -0.2) is 35.2 Å². The van der Waals surface area contributed by atoms with E-state index in [2.05, 4.69) is 6.92 Å². The summed E-state index contributed by atoms with van der Waals surface area (Å²) in [6.45, 7) is 6.20. The van der Waals surface area contributed by atoms with Crippen LogP contribution in [0.1, 0.15) is 64.5 Å². The molecule has 1 N–H and O–H groups in total. The van der Waals surface area contributed by atoms with Crippen LogP contribution in [-0.2, 0) is 35.9 Å². The highest BCUT2D eigenvalue weighted by Crippen LogP contribution is 2.63. The molecule has 7 nitrogen and oxygen atoms in total. The first-order valence-corrected chi connectivity index (χ1v) is 10.9. The van der Waals surface area contributed by atoms with Crippen molar-refractivity contribution in [1.29, 1.82) is 0 Å². The van der Waals surface area contributed by atoms with Crippen molar-refractivity contribution < 1.29 is 33.7 Å². The maximum atomic E-state index is 12.2. The van der Waals surface area contributed by atoms with E-state index >= 15 is 0 Å². The lowest BCUT2D eigenvalue weighted by atomic mass is 9.52. The zero-order chi connectivity index (χ0) is 22.6. The number of ether oxygens (including phenoxy) is 3. The lowest BCUT2D eigenvalue weighted by Crippen LogP contribution is -2.61. The summed E-state index contributed by atoms with van der Waals surface area (Å²) in [5.41, 5.74) is -0.0991. The van der Waals surface area contributed by atoms with E-state index in [0.717, 1.165) is 30.4 Å². The van der Waals surface area contributed by atoms with Crippen molar-refractivity contribution in [3.05, 3.63) is 29.3 Å². The SMILES string of the molecule is CC(=O)Oc1ccc2c(c1)CC[C@H]1[C@@H]3CC[C@H](OC(C)=O)[C@@]3(C)C[C@@H](OC(C)=O)[C@]21O. The van der Waals surface area contributed by atoms with Gasteiger partial charge in [0.15, 0.2) is 0 Å². The van der Waals surface area contributed by atoms with Gasteiger partial charge in [-0.25, -0.2) is 0 Å². The van der Waals surface area contributed by atoms with Crippen molar-refractivity contribution >= 4 is 17.9 Å². The number of aliphatic hydroxyl groups is 1. The van der Waals surface area contributed by atoms with Crippen LogP contribution in [0.3, 0.4) is 0 Å². The molecule has 3 aliphatic rings. The quantitative estimate of drug-likeness (QED) is 0.581. The third-order valence-corrected chi connectivity index (χ3v) is 7.60. The summed E-state index contributed by atoms with van der Waals surface area (Å²) >= 11 is 0. The Hall–Kier alpha value is -2.41. The van der Waals surface area contributed by atoms with Crippen molar-refractivity contribution in [3.63, 3.8) is 0 Å². The molecule has 6 atom stereocenters. The van der Waals surface area contributed by atoms with E-state index in [1.54, 1.807) is 18.2 Å². The number of aryl methyl sites for hydroxylation is 1. The van der Waals surface area contributed by atoms with Crippen LogP contribution in [0.5, 0.6) is 5.75 Å². The minimum atomic E-state index is -1.34. The monoisotopic (exact) mass is 430 g/mol. The van der Waals surface area contributed by atoms with Crippen LogP contribution in [0.4, 0.5) is 0 Å². The highest BCUT2D eigenvalue weighted by molar-refractivity contribution is 5.69. The molecule has 31 heavy (non-hydrogen) atoms. The Morgan fingerprint density at radius 3 is 2.26 bits per heavy atom. The third-order valence-electron chi connectivity index (χ3n) is 7.60. The molecular formula is C24H30O7. The zero-order valence-corrected chi connectivity index (χ0v) is 18.5. The summed E-state index contributed by atoms with van der Waals surface area (Å²) in [6, 6.07) is 5.26. The molecule has 0 heterocycles. The molecule has 168 valence electrons. The van der Waals surface area contributed by atoms with E-state index in [0.29, 0.717) is 18.6 Å². The molecule has 4 rings (SSSR count). The summed E-state index contributed by atoms with van der Waals surface area (Å²) in [5, 5.41) is 12.2. The molecule has 0 spiro atoms. The Bertz CT molecular complexity index is 925. The van der Waals surface area contributed by atoms with Crippen LogP contribution in [0.15, 0.2) is 18.2 Å². The van der Waals surface area contributed by atoms with Gasteiger partial charge in [0.1, 0.15) is 23.6 Å². The standard InChI is InChI=1S/C24H30O7/c1-13(25)29-17-6-8-18-16(11-17)5-7-20-19-9-10-21(30-14(2)26)23(19,4)12-22(24(18,20)28)31-15(3)27/h6,8,11,19-22,28H,5,7,9-10,12H2,1-4H3/t19-,20-,21-,22+,23-,24-/m0/s1. The number of benzene rings is 1. The summed E-state index contributed by atoms with van der Waals surface area (Å²) < 4.78 is 16.6. The second kappa shape index (κ2) is 7.62. The average Bonchev–Trinajstić information content (AvgIpc) is 2.96. The van der Waals surface area contributed by atoms with Gasteiger partial charge in [0.2, 0.25) is 0 Å². The predicted molar refractivity (Wildman–Crippen MR) is 110 cm³/mol. The zero-order valence-electron chi connectivity index (χ0n) is 18.5. The molecule has 1 aromatic carbocycles. The van der Waals surface area contributed by atoms with E-state index in [4.69, 9.17) is 14.2 Å². The normalized spacial score (nSPS) is 35.9. The number of rotatable bonds is 3. The van der Waals surface area contributed by atoms with Gasteiger partial charge in [0, 0.05) is 26.2 Å². The molecule has 0 unspecified atom stereocenters. The van der Waals surface area contributed by atoms with Crippen molar-refractivity contribution in [3.8, 4) is 5.75 Å². The number of carbonyl (C=O) groups excluding carboxylic acids is 3. The van der Waals surface area contributed by atoms with E-state index in [1.807, 2.05) is 0 Å². The Kier molecular flexibility index (Phi) is 5.36. The summed E-state index contributed by atoms with van der Waals surface area (Å²) in [7, 11) is 0. The number of fused-ring (bicyclic) bond motifs is 5. The van der Waals surface area contributed by atoms with E-state index < -0.39 is 23.6 Å². The van der Waals surface area contributed by atoms with Gasteiger partial charge in [-0.3, -0.25) is 14.4 Å². The largest absolute Gasteiger partial charge is 0.462 e. The molecule has 0 amide bonds. The van der Waals surface area contributed by atoms with E-state index in [1.165, 1.54) is 20.8 Å². The molecule has 0 saturated heterocycles. The van der Waals surface area contributed by atoms with Gasteiger partial charge < -0.3 is 19.3 Å². The number of carbonyl (C=O) groups is 3. The number of hydrogen-bond donors (Lipinski definition) is 1. The van der Waals surface area contributed by atoms with Gasteiger partial charge >= 0.3 is 17.9 Å². The average molecular weight is 430 g/mol. The van der Waals surface area contributed by atoms with Crippen molar-refractivity contribution in [2.45, 2.75) is 77.6 Å². The molecule has 7 heteroatoms. The van der Waals surface area contributed by atoms with Gasteiger partial charge in [-0.15, -0.1) is 0 Å². The van der Waals surface area contributed by atoms with Crippen LogP contribution < -0.4 is 4.74 Å². The molecule has 3 aliphatic carbocycles. The minimum Gasteiger partial charge on any atom is -0.462 e. The molecule has 1 aromatic rings. The van der Waals surface area contributed by atoms with Gasteiger partial charge in [-0.1, -0.05) is 13.0 Å². The fourth-order valence-electron chi connectivity index (χ4n) is 6.50. The number of hydrogen-bond acceptors (Lipinski definition) is 7. The lowest BCUT2D eigenvalue weighted by molar-refractivity contribution is -0.225. The first-order valence-electron chi connectivity index (χ1n) is 10.9. The van der Waals surface area contributed by atoms with Crippen molar-refractivity contribution in [1.82, 2.24) is 0 Å². The molecule has 2 fully saturated rings. The topological polar surface area (TPSA) is 99.1 Å². The molecule has 0 aliphatic heterocycles. The van der Waals surface area contributed by atoms with Gasteiger partial charge in [0.05, 0.1) is 0 Å². The van der Waals surface area contributed by atoms with Crippen LogP contribution in [0.2, 0.25) is 0 Å². The highest BCUT2D eigenvalue weighted by Gasteiger charge is 2.65. The smallest absolute Gasteiger partial charge is 0.308 e. The Morgan fingerprint density at radius 1 is 0.935 bits per heavy atom. The van der Waals surface area contributed by atoms with Crippen LogP contribution in [0, 0.1) is 17.3 Å². The predicted octanol–water partition coefficient (Wildman–Crippen LogP) is 3.05. The third kappa shape index (κ3) is 3.53. The van der Waals surface area contributed by atoms with Crippen molar-refractivity contribution in [2.75, 3.05) is 0 Å². The first kappa shape index (κ1) is 21.8. The molecular weight excluding hydrogens is 400 g/mol. The fraction of sp³-hybridized carbons (Fsp3) is 0.625. The highest BCUT2D eigenvalue weighted by atomic mass is 16.6. The van der Waals surface area contributed by atoms with Crippen LogP contribution >= 0.6 is 0 Å². The lowest BCUT2D eigenvalue weighted by Gasteiger charge is -2.57. The van der Waals surface area contributed by atoms with Gasteiger partial charge in [-0.05, 0) is 67.2 Å². The van der Waals surface area contributed by atoms with Gasteiger partial charge in [0.25, 0.3) is 0 Å². The van der Waals surface area contributed by atoms with E-state index in [-0.39, 0.29) is 29.3 Å². The molecule has 2 saturated carbocycles. The second-order valence-electron chi connectivity index (χ2n) is 9.47. The second-order valence-corrected chi connectivity index (χ2v) is 9.47. The Morgan fingerprint density at radius 2 is 1.61 bits per heavy atom. The van der Waals surface area contributed by atoms with E-state index in [9.17, 15) is 19.5 Å². The minimum absolute atomic E-state index is 0.134. The Labute approximate surface area is 182 Å². The number of esters is 3. The molecule has 0 bridgehead atoms. The Balaban J connectivity index is 1.77. The molecule has 0 radical (unpaired) electrons. The summed E-state index contributed by atoms with van der Waals surface area (Å²) in [6.07, 6.45) is 2.39. The maximum Gasteiger partial charge on any atom is 0.308 e. The van der Waals surface area contributed by atoms with Gasteiger partial charge in [-0.2, -0.15) is 0 Å². The maximum absolute atomic E-state index is 12.2. The summed E-state index contributed by atoms with van der Waals surface area (Å²) in [5.74, 6) is -0.735. The fourth-order valence-corrected chi connectivity index (χ4v) is 6.50.